The summed E-state index contributed by atoms with van der Waals surface area (Å²) in [5, 5.41) is 13.1. The fourth-order valence-corrected chi connectivity index (χ4v) is 3.58. The molecule has 2 saturated heterocycles. The van der Waals surface area contributed by atoms with Crippen LogP contribution in [-0.4, -0.2) is 68.9 Å². The highest BCUT2D eigenvalue weighted by Crippen LogP contribution is 2.21. The van der Waals surface area contributed by atoms with Gasteiger partial charge in [0.1, 0.15) is 12.4 Å². The zero-order valence-electron chi connectivity index (χ0n) is 15.7. The van der Waals surface area contributed by atoms with Gasteiger partial charge in [0.05, 0.1) is 12.7 Å². The van der Waals surface area contributed by atoms with Crippen LogP contribution >= 0.6 is 0 Å². The largest absolute Gasteiger partial charge is 0.491 e. The van der Waals surface area contributed by atoms with Gasteiger partial charge in [-0.05, 0) is 50.4 Å². The minimum absolute atomic E-state index is 0.0600. The summed E-state index contributed by atoms with van der Waals surface area (Å²) in [7, 11) is 1.98. The van der Waals surface area contributed by atoms with Crippen LogP contribution in [0.3, 0.4) is 0 Å². The van der Waals surface area contributed by atoms with E-state index >= 15 is 0 Å². The molecule has 2 unspecified atom stereocenters. The summed E-state index contributed by atoms with van der Waals surface area (Å²) in [6.07, 6.45) is 3.93. The fraction of sp³-hybridized carbons (Fsp3) is 0.700. The monoisotopic (exact) mass is 364 g/mol. The van der Waals surface area contributed by atoms with E-state index in [0.717, 1.165) is 51.3 Å². The van der Waals surface area contributed by atoms with Crippen molar-refractivity contribution < 1.29 is 19.3 Å². The van der Waals surface area contributed by atoms with Gasteiger partial charge < -0.3 is 24.6 Å². The highest BCUT2D eigenvalue weighted by atomic mass is 16.7. The van der Waals surface area contributed by atoms with Gasteiger partial charge in [-0.2, -0.15) is 0 Å². The molecule has 2 fully saturated rings. The third-order valence-corrected chi connectivity index (χ3v) is 5.11. The Balaban J connectivity index is 1.40. The molecule has 2 N–H and O–H groups in total. The number of nitrogens with one attached hydrogen (secondary N) is 1. The first kappa shape index (κ1) is 19.6. The Morgan fingerprint density at radius 2 is 2.08 bits per heavy atom. The molecule has 3 atom stereocenters. The summed E-state index contributed by atoms with van der Waals surface area (Å²) >= 11 is 0. The normalized spacial score (nSPS) is 25.3. The average molecular weight is 364 g/mol. The van der Waals surface area contributed by atoms with Crippen LogP contribution in [0.5, 0.6) is 5.75 Å². The van der Waals surface area contributed by atoms with E-state index in [-0.39, 0.29) is 18.4 Å². The molecule has 0 saturated carbocycles. The van der Waals surface area contributed by atoms with Crippen molar-refractivity contribution in [3.05, 3.63) is 29.8 Å². The van der Waals surface area contributed by atoms with E-state index in [4.69, 9.17) is 14.2 Å². The number of aliphatic hydroxyl groups excluding tert-OH is 1. The number of aliphatic hydroxyl groups is 1. The number of β-amino-alcohol motifs (C(OH)–C–C–N with tert-alkyl or cyclic N) is 1. The third kappa shape index (κ3) is 5.93. The minimum atomic E-state index is -0.176. The highest BCUT2D eigenvalue weighted by Gasteiger charge is 2.23. The van der Waals surface area contributed by atoms with Gasteiger partial charge in [-0.1, -0.05) is 12.1 Å². The zero-order chi connectivity index (χ0) is 18.2. The van der Waals surface area contributed by atoms with Crippen LogP contribution in [0.2, 0.25) is 0 Å². The minimum Gasteiger partial charge on any atom is -0.491 e. The maximum Gasteiger partial charge on any atom is 0.157 e. The second kappa shape index (κ2) is 10.2. The SMILES string of the molecule is CN[C@H](CN1CCC(O)C1)c1ccc(OCCOC2CCCCO2)cc1. The molecule has 0 amide bonds. The van der Waals surface area contributed by atoms with Crippen molar-refractivity contribution in [3.8, 4) is 5.75 Å². The molecule has 2 aliphatic heterocycles. The van der Waals surface area contributed by atoms with Gasteiger partial charge in [0.25, 0.3) is 0 Å². The molecule has 3 rings (SSSR count). The first-order valence-corrected chi connectivity index (χ1v) is 9.78. The number of hydrogen-bond donors (Lipinski definition) is 2. The summed E-state index contributed by atoms with van der Waals surface area (Å²) in [5.74, 6) is 0.855. The van der Waals surface area contributed by atoms with E-state index < -0.39 is 0 Å². The quantitative estimate of drug-likeness (QED) is 0.653. The van der Waals surface area contributed by atoms with E-state index in [2.05, 4.69) is 22.3 Å². The molecule has 26 heavy (non-hydrogen) atoms. The molecule has 6 nitrogen and oxygen atoms in total. The van der Waals surface area contributed by atoms with Gasteiger partial charge in [-0.15, -0.1) is 0 Å². The molecule has 2 aliphatic rings. The van der Waals surface area contributed by atoms with Gasteiger partial charge in [0.15, 0.2) is 6.29 Å². The molecule has 0 spiro atoms. The van der Waals surface area contributed by atoms with Crippen molar-refractivity contribution in [1.82, 2.24) is 10.2 Å². The Labute approximate surface area is 156 Å². The molecular weight excluding hydrogens is 332 g/mol. The van der Waals surface area contributed by atoms with Crippen molar-refractivity contribution in [2.24, 2.45) is 0 Å². The standard InChI is InChI=1S/C20H32N2O4/c1-21-19(15-22-10-9-17(23)14-22)16-5-7-18(8-6-16)24-12-13-26-20-4-2-3-11-25-20/h5-8,17,19-21,23H,2-4,9-15H2,1H3/t17?,19-,20?/m1/s1. The van der Waals surface area contributed by atoms with E-state index in [1.165, 1.54) is 12.0 Å². The summed E-state index contributed by atoms with van der Waals surface area (Å²) < 4.78 is 17.0. The van der Waals surface area contributed by atoms with Crippen LogP contribution in [0.1, 0.15) is 37.3 Å². The molecular formula is C20H32N2O4. The van der Waals surface area contributed by atoms with Gasteiger partial charge in [-0.3, -0.25) is 4.90 Å². The first-order valence-electron chi connectivity index (χ1n) is 9.78. The number of benzene rings is 1. The zero-order valence-corrected chi connectivity index (χ0v) is 15.7. The summed E-state index contributed by atoms with van der Waals surface area (Å²) in [4.78, 5) is 2.31. The Morgan fingerprint density at radius 1 is 1.23 bits per heavy atom. The van der Waals surface area contributed by atoms with Crippen molar-refractivity contribution in [2.75, 3.05) is 46.5 Å². The Hall–Kier alpha value is -1.18. The number of nitrogens with zero attached hydrogens (tertiary/aromatic N) is 1. The van der Waals surface area contributed by atoms with Crippen LogP contribution in [-0.2, 0) is 9.47 Å². The van der Waals surface area contributed by atoms with Gasteiger partial charge in [0.2, 0.25) is 0 Å². The number of likely N-dealkylation sites (tertiary alicyclic amines) is 1. The van der Waals surface area contributed by atoms with Crippen LogP contribution in [0.25, 0.3) is 0 Å². The summed E-state index contributed by atoms with van der Waals surface area (Å²) in [6.45, 7) is 4.51. The predicted octanol–water partition coefficient (Wildman–Crippen LogP) is 1.94. The Morgan fingerprint density at radius 3 is 2.73 bits per heavy atom. The number of hydrogen-bond acceptors (Lipinski definition) is 6. The van der Waals surface area contributed by atoms with Crippen molar-refractivity contribution in [1.29, 1.82) is 0 Å². The smallest absolute Gasteiger partial charge is 0.157 e. The van der Waals surface area contributed by atoms with Gasteiger partial charge in [0, 0.05) is 32.3 Å². The van der Waals surface area contributed by atoms with Crippen molar-refractivity contribution in [2.45, 2.75) is 44.1 Å². The van der Waals surface area contributed by atoms with Crippen molar-refractivity contribution in [3.63, 3.8) is 0 Å². The van der Waals surface area contributed by atoms with Gasteiger partial charge in [-0.25, -0.2) is 0 Å². The highest BCUT2D eigenvalue weighted by molar-refractivity contribution is 5.29. The van der Waals surface area contributed by atoms with Crippen molar-refractivity contribution >= 4 is 0 Å². The Bertz CT molecular complexity index is 519. The first-order chi connectivity index (χ1) is 12.7. The molecule has 2 heterocycles. The molecule has 0 bridgehead atoms. The van der Waals surface area contributed by atoms with E-state index in [1.54, 1.807) is 0 Å². The molecule has 6 heteroatoms. The summed E-state index contributed by atoms with van der Waals surface area (Å²) in [6, 6.07) is 8.48. The lowest BCUT2D eigenvalue weighted by molar-refractivity contribution is -0.165. The fourth-order valence-electron chi connectivity index (χ4n) is 3.58. The Kier molecular flexibility index (Phi) is 7.70. The van der Waals surface area contributed by atoms with E-state index in [1.807, 2.05) is 19.2 Å². The average Bonchev–Trinajstić information content (AvgIpc) is 3.10. The number of rotatable bonds is 9. The lowest BCUT2D eigenvalue weighted by atomic mass is 10.1. The number of likely N-dealkylation sites (N-methyl/N-ethyl adjacent to an activating group) is 1. The second-order valence-corrected chi connectivity index (χ2v) is 7.13. The molecule has 1 aromatic carbocycles. The second-order valence-electron chi connectivity index (χ2n) is 7.13. The lowest BCUT2D eigenvalue weighted by Crippen LogP contribution is -2.33. The van der Waals surface area contributed by atoms with Crippen LogP contribution < -0.4 is 10.1 Å². The maximum absolute atomic E-state index is 9.68. The lowest BCUT2D eigenvalue weighted by Gasteiger charge is -2.24. The topological polar surface area (TPSA) is 63.2 Å². The van der Waals surface area contributed by atoms with Crippen LogP contribution in [0.15, 0.2) is 24.3 Å². The molecule has 0 radical (unpaired) electrons. The van der Waals surface area contributed by atoms with Crippen LogP contribution in [0, 0.1) is 0 Å². The summed E-state index contributed by atoms with van der Waals surface area (Å²) in [5.41, 5.74) is 1.23. The van der Waals surface area contributed by atoms with E-state index in [0.29, 0.717) is 13.2 Å². The maximum atomic E-state index is 9.68. The number of ether oxygens (including phenoxy) is 3. The van der Waals surface area contributed by atoms with Crippen LogP contribution in [0.4, 0.5) is 0 Å². The molecule has 0 aliphatic carbocycles. The molecule has 0 aromatic heterocycles. The molecule has 146 valence electrons. The molecule has 1 aromatic rings. The third-order valence-electron chi connectivity index (χ3n) is 5.11. The predicted molar refractivity (Wildman–Crippen MR) is 100 cm³/mol. The van der Waals surface area contributed by atoms with E-state index in [9.17, 15) is 5.11 Å². The van der Waals surface area contributed by atoms with Gasteiger partial charge >= 0.3 is 0 Å².